The third-order valence-electron chi connectivity index (χ3n) is 7.29. The number of nitrogens with zero attached hydrogens (tertiary/aromatic N) is 1. The minimum atomic E-state index is -0.552. The lowest BCUT2D eigenvalue weighted by molar-refractivity contribution is -0.141. The van der Waals surface area contributed by atoms with Gasteiger partial charge < -0.3 is 33.2 Å². The van der Waals surface area contributed by atoms with E-state index in [4.69, 9.17) is 33.2 Å². The van der Waals surface area contributed by atoms with Crippen molar-refractivity contribution in [3.8, 4) is 34.5 Å². The van der Waals surface area contributed by atoms with E-state index in [2.05, 4.69) is 4.98 Å². The van der Waals surface area contributed by atoms with Gasteiger partial charge in [-0.15, -0.1) is 0 Å². The number of fused-ring (bicyclic) bond motifs is 3. The molecule has 3 aromatic rings. The highest BCUT2D eigenvalue weighted by atomic mass is 16.7. The Morgan fingerprint density at radius 3 is 2.37 bits per heavy atom. The summed E-state index contributed by atoms with van der Waals surface area (Å²) < 4.78 is 39.7. The summed E-state index contributed by atoms with van der Waals surface area (Å²) in [5.74, 6) is 0.541. The Kier molecular flexibility index (Phi) is 5.94. The molecule has 0 radical (unpaired) electrons. The number of carbonyl (C=O) groups excluding carboxylic acids is 2. The van der Waals surface area contributed by atoms with Gasteiger partial charge >= 0.3 is 11.9 Å². The zero-order valence-electron chi connectivity index (χ0n) is 21.0. The SMILES string of the molecule is COc1cc([C@@H]2c3cc4c(c(OC(=O)c5ccncc5)c3C[C@H]3COC(=O)[C@@H]32)OCO4)cc(OC)c1OC. The number of benzene rings is 2. The van der Waals surface area contributed by atoms with Crippen molar-refractivity contribution >= 4 is 11.9 Å². The maximum Gasteiger partial charge on any atom is 0.343 e. The third kappa shape index (κ3) is 3.75. The van der Waals surface area contributed by atoms with E-state index in [1.165, 1.54) is 33.7 Å². The lowest BCUT2D eigenvalue weighted by Crippen LogP contribution is -2.32. The summed E-state index contributed by atoms with van der Waals surface area (Å²) in [5, 5.41) is 0. The lowest BCUT2D eigenvalue weighted by Gasteiger charge is -2.34. The van der Waals surface area contributed by atoms with Crippen LogP contribution in [0.25, 0.3) is 0 Å². The fourth-order valence-electron chi connectivity index (χ4n) is 5.60. The van der Waals surface area contributed by atoms with Gasteiger partial charge in [0.15, 0.2) is 23.0 Å². The van der Waals surface area contributed by atoms with Crippen LogP contribution in [0.3, 0.4) is 0 Å². The highest BCUT2D eigenvalue weighted by molar-refractivity contribution is 5.92. The monoisotopic (exact) mass is 519 g/mol. The molecule has 196 valence electrons. The maximum absolute atomic E-state index is 13.1. The molecular weight excluding hydrogens is 494 g/mol. The molecule has 2 aliphatic heterocycles. The molecule has 0 N–H and O–H groups in total. The molecule has 3 atom stereocenters. The highest BCUT2D eigenvalue weighted by Gasteiger charge is 2.49. The molecule has 1 saturated heterocycles. The van der Waals surface area contributed by atoms with Gasteiger partial charge in [-0.25, -0.2) is 4.79 Å². The molecule has 3 aliphatic rings. The van der Waals surface area contributed by atoms with Crippen LogP contribution in [0.15, 0.2) is 42.7 Å². The lowest BCUT2D eigenvalue weighted by atomic mass is 9.67. The van der Waals surface area contributed by atoms with E-state index in [1.54, 1.807) is 12.1 Å². The summed E-state index contributed by atoms with van der Waals surface area (Å²) in [5.41, 5.74) is 2.65. The van der Waals surface area contributed by atoms with Crippen LogP contribution >= 0.6 is 0 Å². The number of methoxy groups -OCH3 is 3. The van der Waals surface area contributed by atoms with Crippen molar-refractivity contribution in [2.24, 2.45) is 11.8 Å². The smallest absolute Gasteiger partial charge is 0.343 e. The standard InChI is InChI=1S/C28H25NO9/c1-32-19-9-15(10-20(33-2)25(19)34-3)22-17-11-21-26(37-13-36-21)24(38-27(30)14-4-6-29-7-5-14)18(17)8-16-12-35-28(31)23(16)22/h4-7,9-11,16,22-23H,8,12-13H2,1-3H3/t16-,22+,23-/m0/s1. The first-order valence-corrected chi connectivity index (χ1v) is 12.1. The normalized spacial score (nSPS) is 20.7. The maximum atomic E-state index is 13.1. The van der Waals surface area contributed by atoms with Gasteiger partial charge in [-0.05, 0) is 47.9 Å². The van der Waals surface area contributed by atoms with Gasteiger partial charge in [0.2, 0.25) is 18.3 Å². The van der Waals surface area contributed by atoms with E-state index in [-0.39, 0.29) is 31.0 Å². The minimum Gasteiger partial charge on any atom is -0.493 e. The van der Waals surface area contributed by atoms with Gasteiger partial charge in [-0.3, -0.25) is 9.78 Å². The first kappa shape index (κ1) is 23.9. The second kappa shape index (κ2) is 9.44. The van der Waals surface area contributed by atoms with Gasteiger partial charge in [0.05, 0.1) is 39.4 Å². The fourth-order valence-corrected chi connectivity index (χ4v) is 5.60. The average molecular weight is 520 g/mol. The molecule has 10 heteroatoms. The third-order valence-corrected chi connectivity index (χ3v) is 7.29. The quantitative estimate of drug-likeness (QED) is 0.354. The number of hydrogen-bond acceptors (Lipinski definition) is 10. The van der Waals surface area contributed by atoms with E-state index in [0.29, 0.717) is 40.7 Å². The van der Waals surface area contributed by atoms with Crippen molar-refractivity contribution in [3.05, 3.63) is 65.0 Å². The molecule has 0 bridgehead atoms. The van der Waals surface area contributed by atoms with Gasteiger partial charge in [-0.1, -0.05) is 0 Å². The molecule has 0 unspecified atom stereocenters. The number of esters is 2. The molecule has 6 rings (SSSR count). The van der Waals surface area contributed by atoms with Crippen LogP contribution in [0.2, 0.25) is 0 Å². The topological polar surface area (TPSA) is 112 Å². The Bertz CT molecular complexity index is 1400. The Labute approximate surface area is 218 Å². The Balaban J connectivity index is 1.54. The molecule has 38 heavy (non-hydrogen) atoms. The van der Waals surface area contributed by atoms with Crippen molar-refractivity contribution in [2.75, 3.05) is 34.7 Å². The Hall–Kier alpha value is -4.47. The van der Waals surface area contributed by atoms with Crippen LogP contribution in [-0.2, 0) is 16.0 Å². The summed E-state index contributed by atoms with van der Waals surface area (Å²) in [6.07, 6.45) is 3.50. The number of carbonyl (C=O) groups is 2. The number of ether oxygens (including phenoxy) is 7. The largest absolute Gasteiger partial charge is 0.493 e. The van der Waals surface area contributed by atoms with Crippen LogP contribution in [0, 0.1) is 11.8 Å². The number of pyridine rings is 1. The second-order valence-corrected chi connectivity index (χ2v) is 9.19. The molecule has 0 saturated carbocycles. The Morgan fingerprint density at radius 1 is 0.947 bits per heavy atom. The van der Waals surface area contributed by atoms with Crippen LogP contribution in [-0.4, -0.2) is 51.7 Å². The van der Waals surface area contributed by atoms with Gasteiger partial charge in [0.1, 0.15) is 0 Å². The van der Waals surface area contributed by atoms with Gasteiger partial charge in [-0.2, -0.15) is 0 Å². The molecule has 1 aromatic heterocycles. The molecule has 0 spiro atoms. The summed E-state index contributed by atoms with van der Waals surface area (Å²) in [7, 11) is 4.61. The molecule has 3 heterocycles. The van der Waals surface area contributed by atoms with E-state index in [0.717, 1.165) is 16.7 Å². The zero-order chi connectivity index (χ0) is 26.4. The fraction of sp³-hybridized carbons (Fsp3) is 0.321. The number of rotatable bonds is 6. The van der Waals surface area contributed by atoms with Crippen LogP contribution in [0.1, 0.15) is 33.0 Å². The summed E-state index contributed by atoms with van der Waals surface area (Å²) >= 11 is 0. The van der Waals surface area contributed by atoms with Gasteiger partial charge in [0, 0.05) is 29.8 Å². The first-order valence-electron chi connectivity index (χ1n) is 12.1. The van der Waals surface area contributed by atoms with Gasteiger partial charge in [0.25, 0.3) is 0 Å². The molecular formula is C28H25NO9. The molecule has 0 amide bonds. The molecule has 10 nitrogen and oxygen atoms in total. The second-order valence-electron chi connectivity index (χ2n) is 9.19. The van der Waals surface area contributed by atoms with Crippen LogP contribution < -0.4 is 28.4 Å². The van der Waals surface area contributed by atoms with Crippen LogP contribution in [0.5, 0.6) is 34.5 Å². The average Bonchev–Trinajstić information content (AvgIpc) is 3.58. The van der Waals surface area contributed by atoms with Crippen molar-refractivity contribution in [1.29, 1.82) is 0 Å². The first-order chi connectivity index (χ1) is 18.5. The molecule has 1 aliphatic carbocycles. The molecule has 1 fully saturated rings. The van der Waals surface area contributed by atoms with Crippen molar-refractivity contribution < 1.29 is 42.7 Å². The number of aromatic nitrogens is 1. The minimum absolute atomic E-state index is 0.0121. The number of cyclic esters (lactones) is 1. The van der Waals surface area contributed by atoms with Crippen molar-refractivity contribution in [2.45, 2.75) is 12.3 Å². The van der Waals surface area contributed by atoms with E-state index < -0.39 is 17.8 Å². The van der Waals surface area contributed by atoms with Crippen LogP contribution in [0.4, 0.5) is 0 Å². The Morgan fingerprint density at radius 2 is 1.68 bits per heavy atom. The summed E-state index contributed by atoms with van der Waals surface area (Å²) in [6.45, 7) is 0.248. The molecule has 2 aromatic carbocycles. The number of hydrogen-bond donors (Lipinski definition) is 0. The summed E-state index contributed by atoms with van der Waals surface area (Å²) in [6, 6.07) is 8.67. The van der Waals surface area contributed by atoms with E-state index >= 15 is 0 Å². The summed E-state index contributed by atoms with van der Waals surface area (Å²) in [4.78, 5) is 30.1. The van der Waals surface area contributed by atoms with E-state index in [9.17, 15) is 9.59 Å². The van der Waals surface area contributed by atoms with Crippen molar-refractivity contribution in [1.82, 2.24) is 4.98 Å². The predicted molar refractivity (Wildman–Crippen MR) is 131 cm³/mol. The zero-order valence-corrected chi connectivity index (χ0v) is 21.0. The van der Waals surface area contributed by atoms with Crippen molar-refractivity contribution in [3.63, 3.8) is 0 Å². The highest BCUT2D eigenvalue weighted by Crippen LogP contribution is 2.56. The van der Waals surface area contributed by atoms with E-state index in [1.807, 2.05) is 18.2 Å². The predicted octanol–water partition coefficient (Wildman–Crippen LogP) is 3.53.